The smallest absolute Gasteiger partial charge is 0.118 e. The Hall–Kier alpha value is -0.840. The summed E-state index contributed by atoms with van der Waals surface area (Å²) in [5.41, 5.74) is 1.34. The van der Waals surface area contributed by atoms with Gasteiger partial charge in [-0.25, -0.2) is 0 Å². The first kappa shape index (κ1) is 15.5. The van der Waals surface area contributed by atoms with Crippen LogP contribution in [0.2, 0.25) is 0 Å². The van der Waals surface area contributed by atoms with Crippen LogP contribution in [0.15, 0.2) is 10.5 Å². The topological polar surface area (TPSA) is 31.7 Å². The van der Waals surface area contributed by atoms with Crippen LogP contribution in [0.25, 0.3) is 0 Å². The van der Waals surface area contributed by atoms with Crippen molar-refractivity contribution in [2.24, 2.45) is 0 Å². The second kappa shape index (κ2) is 6.74. The third kappa shape index (κ3) is 4.08. The van der Waals surface area contributed by atoms with Gasteiger partial charge in [0.25, 0.3) is 0 Å². The van der Waals surface area contributed by atoms with Gasteiger partial charge in [-0.2, -0.15) is 0 Å². The molecule has 0 bridgehead atoms. The molecule has 0 radical (unpaired) electrons. The number of hydrogen-bond donors (Lipinski definition) is 1. The molecule has 1 aromatic rings. The largest absolute Gasteiger partial charge is 0.465 e. The minimum Gasteiger partial charge on any atom is -0.465 e. The molecule has 0 saturated carbocycles. The fourth-order valence-corrected chi connectivity index (χ4v) is 2.77. The summed E-state index contributed by atoms with van der Waals surface area (Å²) < 4.78 is 5.86. The number of likely N-dealkylation sites (N-methyl/N-ethyl adjacent to an activating group) is 1. The lowest BCUT2D eigenvalue weighted by Gasteiger charge is -2.38. The number of rotatable bonds is 5. The molecule has 1 atom stereocenters. The third-order valence-electron chi connectivity index (χ3n) is 4.10. The fourth-order valence-electron chi connectivity index (χ4n) is 2.77. The van der Waals surface area contributed by atoms with Gasteiger partial charge in [0.05, 0.1) is 6.54 Å². The summed E-state index contributed by atoms with van der Waals surface area (Å²) in [4.78, 5) is 4.96. The van der Waals surface area contributed by atoms with Gasteiger partial charge in [-0.15, -0.1) is 0 Å². The van der Waals surface area contributed by atoms with Crippen LogP contribution >= 0.6 is 0 Å². The van der Waals surface area contributed by atoms with Crippen molar-refractivity contribution in [2.45, 2.75) is 52.9 Å². The average Bonchev–Trinajstić information content (AvgIpc) is 2.71. The average molecular weight is 279 g/mol. The van der Waals surface area contributed by atoms with E-state index >= 15 is 0 Å². The van der Waals surface area contributed by atoms with Gasteiger partial charge >= 0.3 is 0 Å². The summed E-state index contributed by atoms with van der Waals surface area (Å²) >= 11 is 0. The van der Waals surface area contributed by atoms with Gasteiger partial charge in [-0.3, -0.25) is 4.90 Å². The number of hydrogen-bond acceptors (Lipinski definition) is 4. The third-order valence-corrected chi connectivity index (χ3v) is 4.10. The molecule has 0 aromatic carbocycles. The van der Waals surface area contributed by atoms with Crippen molar-refractivity contribution in [3.8, 4) is 0 Å². The molecule has 4 nitrogen and oxygen atoms in total. The van der Waals surface area contributed by atoms with Gasteiger partial charge < -0.3 is 14.6 Å². The summed E-state index contributed by atoms with van der Waals surface area (Å²) in [6, 6.07) is 3.32. The van der Waals surface area contributed by atoms with Gasteiger partial charge in [0.2, 0.25) is 0 Å². The molecule has 0 amide bonds. The van der Waals surface area contributed by atoms with E-state index in [0.29, 0.717) is 12.1 Å². The predicted molar refractivity (Wildman–Crippen MR) is 82.8 cm³/mol. The number of nitrogens with zero attached hydrogens (tertiary/aromatic N) is 2. The molecule has 0 spiro atoms. The van der Waals surface area contributed by atoms with E-state index in [1.807, 2.05) is 0 Å². The molecule has 1 aliphatic heterocycles. The zero-order chi connectivity index (χ0) is 14.7. The molecule has 1 fully saturated rings. The first-order valence-electron chi connectivity index (χ1n) is 7.70. The van der Waals surface area contributed by atoms with Crippen molar-refractivity contribution in [1.29, 1.82) is 0 Å². The van der Waals surface area contributed by atoms with Crippen LogP contribution in [0.5, 0.6) is 0 Å². The molecule has 2 heterocycles. The Balaban J connectivity index is 1.95. The first-order chi connectivity index (χ1) is 9.45. The van der Waals surface area contributed by atoms with Crippen LogP contribution in [0, 0.1) is 6.92 Å². The maximum atomic E-state index is 5.86. The van der Waals surface area contributed by atoms with Crippen LogP contribution < -0.4 is 5.32 Å². The molecular formula is C16H29N3O. The van der Waals surface area contributed by atoms with E-state index in [9.17, 15) is 0 Å². The Morgan fingerprint density at radius 1 is 1.40 bits per heavy atom. The van der Waals surface area contributed by atoms with Gasteiger partial charge in [-0.05, 0) is 27.0 Å². The quantitative estimate of drug-likeness (QED) is 0.895. The normalized spacial score (nSPS) is 21.8. The van der Waals surface area contributed by atoms with Crippen molar-refractivity contribution in [3.63, 3.8) is 0 Å². The van der Waals surface area contributed by atoms with Crippen LogP contribution in [-0.2, 0) is 13.1 Å². The molecule has 20 heavy (non-hydrogen) atoms. The highest BCUT2D eigenvalue weighted by Crippen LogP contribution is 2.19. The van der Waals surface area contributed by atoms with E-state index in [1.54, 1.807) is 0 Å². The molecule has 1 unspecified atom stereocenters. The lowest BCUT2D eigenvalue weighted by atomic mass is 10.1. The summed E-state index contributed by atoms with van der Waals surface area (Å²) in [5.74, 6) is 2.12. The van der Waals surface area contributed by atoms with Crippen molar-refractivity contribution in [1.82, 2.24) is 15.1 Å². The maximum Gasteiger partial charge on any atom is 0.118 e. The van der Waals surface area contributed by atoms with Crippen LogP contribution in [0.3, 0.4) is 0 Å². The second-order valence-corrected chi connectivity index (χ2v) is 6.41. The molecule has 1 saturated heterocycles. The summed E-state index contributed by atoms with van der Waals surface area (Å²) in [5, 5.41) is 3.41. The minimum absolute atomic E-state index is 0.488. The summed E-state index contributed by atoms with van der Waals surface area (Å²) in [6.07, 6.45) is 0. The van der Waals surface area contributed by atoms with Gasteiger partial charge in [-0.1, -0.05) is 13.8 Å². The summed E-state index contributed by atoms with van der Waals surface area (Å²) in [6.45, 7) is 14.0. The van der Waals surface area contributed by atoms with E-state index < -0.39 is 0 Å². The van der Waals surface area contributed by atoms with E-state index in [-0.39, 0.29) is 0 Å². The van der Waals surface area contributed by atoms with Crippen molar-refractivity contribution in [2.75, 3.05) is 26.7 Å². The molecule has 1 N–H and O–H groups in total. The summed E-state index contributed by atoms with van der Waals surface area (Å²) in [7, 11) is 2.20. The van der Waals surface area contributed by atoms with E-state index in [1.165, 1.54) is 5.56 Å². The Morgan fingerprint density at radius 2 is 2.15 bits per heavy atom. The molecule has 1 aliphatic rings. The highest BCUT2D eigenvalue weighted by atomic mass is 16.3. The lowest BCUT2D eigenvalue weighted by molar-refractivity contribution is 0.0934. The first-order valence-corrected chi connectivity index (χ1v) is 7.70. The van der Waals surface area contributed by atoms with E-state index in [0.717, 1.165) is 44.2 Å². The Morgan fingerprint density at radius 3 is 2.80 bits per heavy atom. The highest BCUT2D eigenvalue weighted by Gasteiger charge is 2.22. The molecular weight excluding hydrogens is 250 g/mol. The lowest BCUT2D eigenvalue weighted by Crippen LogP contribution is -2.49. The molecule has 0 aliphatic carbocycles. The van der Waals surface area contributed by atoms with Crippen molar-refractivity contribution < 1.29 is 4.42 Å². The van der Waals surface area contributed by atoms with Gasteiger partial charge in [0.15, 0.2) is 0 Å². The van der Waals surface area contributed by atoms with Crippen LogP contribution in [0.1, 0.15) is 37.9 Å². The number of aryl methyl sites for hydroxylation is 1. The predicted octanol–water partition coefficient (Wildman–Crippen LogP) is 2.22. The van der Waals surface area contributed by atoms with Crippen LogP contribution in [0.4, 0.5) is 0 Å². The highest BCUT2D eigenvalue weighted by molar-refractivity contribution is 5.21. The molecule has 2 rings (SSSR count). The van der Waals surface area contributed by atoms with Crippen molar-refractivity contribution >= 4 is 0 Å². The standard InChI is InChI=1S/C16H29N3O/c1-12(2)17-9-16-8-15(14(4)20-16)11-19-7-6-18(5)10-13(19)3/h8,12-13,17H,6-7,9-11H2,1-5H3. The van der Waals surface area contributed by atoms with Crippen LogP contribution in [-0.4, -0.2) is 48.6 Å². The molecule has 4 heteroatoms. The van der Waals surface area contributed by atoms with Gasteiger partial charge in [0, 0.05) is 43.8 Å². The monoisotopic (exact) mass is 279 g/mol. The zero-order valence-electron chi connectivity index (χ0n) is 13.6. The van der Waals surface area contributed by atoms with Gasteiger partial charge in [0.1, 0.15) is 11.5 Å². The maximum absolute atomic E-state index is 5.86. The Kier molecular flexibility index (Phi) is 5.24. The SMILES string of the molecule is Cc1oc(CNC(C)C)cc1CN1CCN(C)CC1C. The van der Waals surface area contributed by atoms with E-state index in [4.69, 9.17) is 4.42 Å². The van der Waals surface area contributed by atoms with E-state index in [2.05, 4.69) is 55.9 Å². The second-order valence-electron chi connectivity index (χ2n) is 6.41. The Labute approximate surface area is 123 Å². The minimum atomic E-state index is 0.488. The fraction of sp³-hybridized carbons (Fsp3) is 0.750. The van der Waals surface area contributed by atoms with Crippen molar-refractivity contribution in [3.05, 3.63) is 23.2 Å². The molecule has 114 valence electrons. The Bertz CT molecular complexity index is 427. The zero-order valence-corrected chi connectivity index (χ0v) is 13.6. The number of piperazine rings is 1. The molecule has 1 aromatic heterocycles. The number of furan rings is 1. The number of nitrogens with one attached hydrogen (secondary N) is 1.